The number of anilines is 1. The molecule has 2 atom stereocenters. The fourth-order valence-electron chi connectivity index (χ4n) is 5.93. The van der Waals surface area contributed by atoms with Crippen molar-refractivity contribution < 1.29 is 19.1 Å². The van der Waals surface area contributed by atoms with Crippen molar-refractivity contribution in [1.29, 1.82) is 0 Å². The maximum atomic E-state index is 13.9. The van der Waals surface area contributed by atoms with Gasteiger partial charge in [0.05, 0.1) is 36.8 Å². The highest BCUT2D eigenvalue weighted by Crippen LogP contribution is 2.61. The summed E-state index contributed by atoms with van der Waals surface area (Å²) in [6.45, 7) is 0. The molecule has 2 amide bonds. The smallest absolute Gasteiger partial charge is 0.238 e. The van der Waals surface area contributed by atoms with Crippen molar-refractivity contribution in [2.45, 2.75) is 11.8 Å². The molecule has 0 unspecified atom stereocenters. The minimum absolute atomic E-state index is 0.154. The molecule has 2 bridgehead atoms. The molecule has 0 spiro atoms. The van der Waals surface area contributed by atoms with E-state index in [0.29, 0.717) is 22.2 Å². The van der Waals surface area contributed by atoms with Crippen LogP contribution in [0.25, 0.3) is 0 Å². The Morgan fingerprint density at radius 2 is 1.16 bits per heavy atom. The van der Waals surface area contributed by atoms with Gasteiger partial charge in [0.25, 0.3) is 0 Å². The van der Waals surface area contributed by atoms with E-state index in [9.17, 15) is 9.59 Å². The van der Waals surface area contributed by atoms with Gasteiger partial charge in [-0.15, -0.1) is 0 Å². The Morgan fingerprint density at radius 1 is 0.719 bits per heavy atom. The lowest BCUT2D eigenvalue weighted by atomic mass is 9.55. The summed E-state index contributed by atoms with van der Waals surface area (Å²) in [6.07, 6.45) is 0. The molecule has 3 aromatic rings. The van der Waals surface area contributed by atoms with E-state index in [-0.39, 0.29) is 23.7 Å². The summed E-state index contributed by atoms with van der Waals surface area (Å²) < 4.78 is 10.8. The van der Waals surface area contributed by atoms with Crippen LogP contribution in [0.2, 0.25) is 5.02 Å². The molecular weight excluding hydrogens is 426 g/mol. The van der Waals surface area contributed by atoms with Gasteiger partial charge in [-0.1, -0.05) is 60.1 Å². The molecule has 3 aromatic carbocycles. The zero-order valence-corrected chi connectivity index (χ0v) is 18.3. The highest BCUT2D eigenvalue weighted by molar-refractivity contribution is 6.32. The number of hydrogen-bond donors (Lipinski definition) is 0. The van der Waals surface area contributed by atoms with Crippen LogP contribution in [-0.2, 0) is 9.59 Å². The number of hydrogen-bond acceptors (Lipinski definition) is 4. The maximum absolute atomic E-state index is 13.9. The summed E-state index contributed by atoms with van der Waals surface area (Å²) in [5.74, 6) is -0.889. The van der Waals surface area contributed by atoms with E-state index in [1.807, 2.05) is 24.3 Å². The maximum Gasteiger partial charge on any atom is 0.238 e. The number of amides is 2. The van der Waals surface area contributed by atoms with E-state index < -0.39 is 11.8 Å². The van der Waals surface area contributed by atoms with Crippen molar-refractivity contribution in [3.05, 3.63) is 87.9 Å². The Hall–Kier alpha value is -3.31. The summed E-state index contributed by atoms with van der Waals surface area (Å²) in [5.41, 5.74) is 4.93. The van der Waals surface area contributed by atoms with Crippen LogP contribution in [0, 0.1) is 11.8 Å². The Kier molecular flexibility index (Phi) is 4.14. The van der Waals surface area contributed by atoms with Crippen molar-refractivity contribution in [2.24, 2.45) is 11.8 Å². The molecule has 1 heterocycles. The molecule has 5 nitrogen and oxygen atoms in total. The first-order valence-corrected chi connectivity index (χ1v) is 10.9. The van der Waals surface area contributed by atoms with Crippen LogP contribution >= 0.6 is 11.6 Å². The van der Waals surface area contributed by atoms with E-state index in [0.717, 1.165) is 22.3 Å². The van der Waals surface area contributed by atoms with Gasteiger partial charge in [-0.05, 0) is 22.3 Å². The number of benzene rings is 3. The van der Waals surface area contributed by atoms with E-state index in [1.165, 1.54) is 19.1 Å². The number of imide groups is 1. The van der Waals surface area contributed by atoms with Crippen LogP contribution < -0.4 is 14.4 Å². The number of halogens is 1. The lowest BCUT2D eigenvalue weighted by Gasteiger charge is -2.45. The van der Waals surface area contributed by atoms with Crippen molar-refractivity contribution in [3.8, 4) is 11.5 Å². The number of carbonyl (C=O) groups excluding carboxylic acids is 2. The van der Waals surface area contributed by atoms with Crippen LogP contribution in [0.15, 0.2) is 60.7 Å². The second-order valence-electron chi connectivity index (χ2n) is 8.44. The van der Waals surface area contributed by atoms with Crippen molar-refractivity contribution >= 4 is 29.1 Å². The highest BCUT2D eigenvalue weighted by atomic mass is 35.5. The monoisotopic (exact) mass is 445 g/mol. The molecule has 7 rings (SSSR count). The molecule has 0 saturated carbocycles. The summed E-state index contributed by atoms with van der Waals surface area (Å²) >= 11 is 6.27. The minimum atomic E-state index is -0.455. The first-order valence-electron chi connectivity index (χ1n) is 10.5. The Bertz CT molecular complexity index is 1190. The van der Waals surface area contributed by atoms with Gasteiger partial charge in [0.15, 0.2) is 0 Å². The lowest BCUT2D eigenvalue weighted by Crippen LogP contribution is -2.41. The molecule has 1 saturated heterocycles. The van der Waals surface area contributed by atoms with E-state index in [4.69, 9.17) is 21.1 Å². The van der Waals surface area contributed by atoms with Gasteiger partial charge in [-0.2, -0.15) is 0 Å². The van der Waals surface area contributed by atoms with Crippen LogP contribution in [-0.4, -0.2) is 26.0 Å². The fourth-order valence-corrected chi connectivity index (χ4v) is 6.16. The van der Waals surface area contributed by atoms with Gasteiger partial charge in [-0.3, -0.25) is 9.59 Å². The molecule has 0 radical (unpaired) electrons. The zero-order valence-electron chi connectivity index (χ0n) is 17.5. The number of rotatable bonds is 3. The third-order valence-electron chi connectivity index (χ3n) is 7.14. The molecule has 32 heavy (non-hydrogen) atoms. The molecule has 3 aliphatic carbocycles. The quantitative estimate of drug-likeness (QED) is 0.546. The van der Waals surface area contributed by atoms with Crippen LogP contribution in [0.3, 0.4) is 0 Å². The average Bonchev–Trinajstić information content (AvgIpc) is 3.09. The van der Waals surface area contributed by atoms with Gasteiger partial charge in [0.2, 0.25) is 11.8 Å². The predicted molar refractivity (Wildman–Crippen MR) is 121 cm³/mol. The summed E-state index contributed by atoms with van der Waals surface area (Å²) in [5, 5.41) is 0.351. The SMILES string of the molecule is COc1cc(N2C(=O)[C@@H]3C4c5ccccc5C(c5ccccc54)[C@H]3C2=O)c(OC)cc1Cl. The van der Waals surface area contributed by atoms with E-state index >= 15 is 0 Å². The fraction of sp³-hybridized carbons (Fsp3) is 0.231. The molecule has 1 aliphatic heterocycles. The van der Waals surface area contributed by atoms with Gasteiger partial charge in [0.1, 0.15) is 11.5 Å². The Balaban J connectivity index is 1.56. The molecule has 0 N–H and O–H groups in total. The van der Waals surface area contributed by atoms with Crippen LogP contribution in [0.4, 0.5) is 5.69 Å². The number of methoxy groups -OCH3 is 2. The topological polar surface area (TPSA) is 55.8 Å². The molecule has 4 aliphatic rings. The third kappa shape index (κ3) is 2.34. The highest BCUT2D eigenvalue weighted by Gasteiger charge is 2.62. The number of ether oxygens (including phenoxy) is 2. The van der Waals surface area contributed by atoms with Crippen molar-refractivity contribution in [3.63, 3.8) is 0 Å². The molecule has 0 aromatic heterocycles. The number of nitrogens with zero attached hydrogens (tertiary/aromatic N) is 1. The standard InChI is InChI=1S/C26H20ClNO4/c1-31-19-12-18(20(32-2)11-17(19)27)28-25(29)23-21-13-7-3-4-8-14(13)22(24(23)26(28)30)16-10-6-5-9-15(16)21/h3-12,21-24H,1-2H3/t21?,22?,23-,24-/m1/s1. The minimum Gasteiger partial charge on any atom is -0.495 e. The zero-order chi connectivity index (χ0) is 22.1. The van der Waals surface area contributed by atoms with Crippen molar-refractivity contribution in [2.75, 3.05) is 19.1 Å². The van der Waals surface area contributed by atoms with Crippen LogP contribution in [0.5, 0.6) is 11.5 Å². The van der Waals surface area contributed by atoms with Crippen molar-refractivity contribution in [1.82, 2.24) is 0 Å². The van der Waals surface area contributed by atoms with Gasteiger partial charge >= 0.3 is 0 Å². The summed E-state index contributed by atoms with van der Waals surface area (Å²) in [6, 6.07) is 19.6. The Morgan fingerprint density at radius 3 is 1.56 bits per heavy atom. The van der Waals surface area contributed by atoms with Crippen LogP contribution in [0.1, 0.15) is 34.1 Å². The molecule has 1 fully saturated rings. The third-order valence-corrected chi connectivity index (χ3v) is 7.44. The summed E-state index contributed by atoms with van der Waals surface area (Å²) in [4.78, 5) is 29.1. The van der Waals surface area contributed by atoms with E-state index in [2.05, 4.69) is 24.3 Å². The first kappa shape index (κ1) is 19.4. The first-order chi connectivity index (χ1) is 15.6. The largest absolute Gasteiger partial charge is 0.495 e. The second kappa shape index (κ2) is 6.84. The lowest BCUT2D eigenvalue weighted by molar-refractivity contribution is -0.122. The average molecular weight is 446 g/mol. The summed E-state index contributed by atoms with van der Waals surface area (Å²) in [7, 11) is 2.99. The predicted octanol–water partition coefficient (Wildman–Crippen LogP) is 4.75. The van der Waals surface area contributed by atoms with Gasteiger partial charge in [0, 0.05) is 24.0 Å². The van der Waals surface area contributed by atoms with Gasteiger partial charge in [-0.25, -0.2) is 4.90 Å². The van der Waals surface area contributed by atoms with E-state index in [1.54, 1.807) is 12.1 Å². The normalized spacial score (nSPS) is 24.8. The second-order valence-corrected chi connectivity index (χ2v) is 8.84. The molecule has 160 valence electrons. The molecule has 6 heteroatoms. The number of carbonyl (C=O) groups is 2. The Labute approximate surface area is 190 Å². The molecular formula is C26H20ClNO4. The van der Waals surface area contributed by atoms with Gasteiger partial charge < -0.3 is 9.47 Å².